The van der Waals surface area contributed by atoms with Crippen LogP contribution in [0.25, 0.3) is 0 Å². The number of rotatable bonds is 14. The number of carbonyl (C=O) groups is 2. The molecule has 0 aliphatic carbocycles. The van der Waals surface area contributed by atoms with Gasteiger partial charge in [-0.05, 0) is 54.3 Å². The molecule has 0 aromatic heterocycles. The van der Waals surface area contributed by atoms with Gasteiger partial charge in [0.05, 0.1) is 12.6 Å². The van der Waals surface area contributed by atoms with Crippen molar-refractivity contribution in [2.75, 3.05) is 27.0 Å². The van der Waals surface area contributed by atoms with Crippen LogP contribution in [0.5, 0.6) is 0 Å². The minimum atomic E-state index is -3.82. The zero-order chi connectivity index (χ0) is 35.2. The molecule has 46 heavy (non-hydrogen) atoms. The van der Waals surface area contributed by atoms with Gasteiger partial charge in [0.1, 0.15) is 17.9 Å². The van der Waals surface area contributed by atoms with E-state index < -0.39 is 65.1 Å². The van der Waals surface area contributed by atoms with Crippen molar-refractivity contribution in [2.24, 2.45) is 0 Å². The predicted molar refractivity (Wildman–Crippen MR) is 190 cm³/mol. The van der Waals surface area contributed by atoms with E-state index in [1.54, 1.807) is 20.8 Å². The van der Waals surface area contributed by atoms with E-state index in [4.69, 9.17) is 22.6 Å². The normalized spacial score (nSPS) is 14.8. The average molecular weight is 694 g/mol. The van der Waals surface area contributed by atoms with Crippen LogP contribution in [-0.2, 0) is 32.0 Å². The van der Waals surface area contributed by atoms with E-state index in [1.165, 1.54) is 14.2 Å². The molecule has 2 rings (SSSR count). The zero-order valence-electron chi connectivity index (χ0n) is 30.1. The summed E-state index contributed by atoms with van der Waals surface area (Å²) in [5.74, 6) is -0.542. The Morgan fingerprint density at radius 1 is 0.783 bits per heavy atom. The summed E-state index contributed by atoms with van der Waals surface area (Å²) in [7, 11) is -7.08. The molecule has 2 atom stereocenters. The van der Waals surface area contributed by atoms with Gasteiger partial charge >= 0.3 is 13.7 Å². The van der Waals surface area contributed by atoms with Crippen LogP contribution >= 0.6 is 7.60 Å². The lowest BCUT2D eigenvalue weighted by Crippen LogP contribution is -2.70. The lowest BCUT2D eigenvalue weighted by Gasteiger charge is -2.46. The number of amides is 1. The summed E-state index contributed by atoms with van der Waals surface area (Å²) in [5.41, 5.74) is -0.797. The molecule has 0 bridgehead atoms. The van der Waals surface area contributed by atoms with E-state index in [2.05, 4.69) is 60.0 Å². The Kier molecular flexibility index (Phi) is 13.4. The van der Waals surface area contributed by atoms with Crippen molar-refractivity contribution < 1.29 is 36.8 Å². The van der Waals surface area contributed by atoms with E-state index in [1.807, 2.05) is 60.7 Å². The number of alkyl carbamates (subject to hydrolysis) is 1. The van der Waals surface area contributed by atoms with Gasteiger partial charge in [0, 0.05) is 14.2 Å². The standard InChI is InChI=1S/C34H56NO8PSi2/c1-32(2,3)42-31(37)35-28(24-41-45(12,13)33(4,5)6)30(29(36)25-44(38,39-10)40-11)43-46(34(7,8)9,26-20-16-14-17-21-26)27-22-18-15-19-23-27/h14-23,28,30H,24-25H2,1-13H3,(H,35,37)/t28-,30-/m1/s1. The van der Waals surface area contributed by atoms with Crippen LogP contribution in [0.4, 0.5) is 4.79 Å². The highest BCUT2D eigenvalue weighted by Crippen LogP contribution is 2.47. The third-order valence-corrected chi connectivity index (χ3v) is 19.8. The Labute approximate surface area is 278 Å². The average Bonchev–Trinajstić information content (AvgIpc) is 2.94. The zero-order valence-corrected chi connectivity index (χ0v) is 33.0. The van der Waals surface area contributed by atoms with Gasteiger partial charge in [-0.15, -0.1) is 0 Å². The maximum Gasteiger partial charge on any atom is 0.408 e. The Morgan fingerprint density at radius 3 is 1.61 bits per heavy atom. The molecule has 0 saturated carbocycles. The van der Waals surface area contributed by atoms with Gasteiger partial charge in [0.25, 0.3) is 8.32 Å². The molecule has 0 saturated heterocycles. The van der Waals surface area contributed by atoms with Crippen molar-refractivity contribution in [3.8, 4) is 0 Å². The Bertz CT molecular complexity index is 1290. The third-order valence-electron chi connectivity index (χ3n) is 8.44. The van der Waals surface area contributed by atoms with Crippen molar-refractivity contribution in [1.82, 2.24) is 5.32 Å². The molecule has 2 aromatic carbocycles. The second-order valence-electron chi connectivity index (χ2n) is 15.1. The highest BCUT2D eigenvalue weighted by Gasteiger charge is 2.54. The van der Waals surface area contributed by atoms with Crippen LogP contribution in [0.3, 0.4) is 0 Å². The molecule has 0 heterocycles. The molecule has 9 nitrogen and oxygen atoms in total. The van der Waals surface area contributed by atoms with Crippen LogP contribution in [0, 0.1) is 0 Å². The van der Waals surface area contributed by atoms with Crippen molar-refractivity contribution in [3.05, 3.63) is 60.7 Å². The molecule has 0 spiro atoms. The van der Waals surface area contributed by atoms with Gasteiger partial charge in [-0.3, -0.25) is 9.36 Å². The number of ether oxygens (including phenoxy) is 1. The Hall–Kier alpha value is -2.12. The fourth-order valence-electron chi connectivity index (χ4n) is 4.92. The summed E-state index contributed by atoms with van der Waals surface area (Å²) in [4.78, 5) is 27.9. The lowest BCUT2D eigenvalue weighted by atomic mass is 10.1. The van der Waals surface area contributed by atoms with Crippen molar-refractivity contribution in [3.63, 3.8) is 0 Å². The first-order valence-electron chi connectivity index (χ1n) is 15.7. The molecule has 258 valence electrons. The summed E-state index contributed by atoms with van der Waals surface area (Å²) in [6.07, 6.45) is -2.58. The molecule has 2 aromatic rings. The number of Topliss-reactive ketones (excluding diaryl/α,β-unsaturated/α-hetero) is 1. The summed E-state index contributed by atoms with van der Waals surface area (Å²) in [5, 5.41) is 4.15. The van der Waals surface area contributed by atoms with Crippen LogP contribution in [0.2, 0.25) is 23.2 Å². The number of benzene rings is 2. The minimum Gasteiger partial charge on any atom is -0.444 e. The number of hydrogen-bond acceptors (Lipinski definition) is 8. The second kappa shape index (κ2) is 15.4. The van der Waals surface area contributed by atoms with Crippen molar-refractivity contribution in [1.29, 1.82) is 0 Å². The molecular weight excluding hydrogens is 638 g/mol. The second-order valence-corrected chi connectivity index (χ2v) is 26.5. The van der Waals surface area contributed by atoms with Gasteiger partial charge in [-0.25, -0.2) is 4.79 Å². The van der Waals surface area contributed by atoms with Crippen molar-refractivity contribution >= 4 is 46.5 Å². The first-order valence-corrected chi connectivity index (χ1v) is 22.2. The first kappa shape index (κ1) is 40.1. The first-order chi connectivity index (χ1) is 21.0. The van der Waals surface area contributed by atoms with Crippen LogP contribution in [-0.4, -0.2) is 73.2 Å². The lowest BCUT2D eigenvalue weighted by molar-refractivity contribution is -0.125. The van der Waals surface area contributed by atoms with E-state index >= 15 is 0 Å². The van der Waals surface area contributed by atoms with Crippen LogP contribution in [0.15, 0.2) is 60.7 Å². The van der Waals surface area contributed by atoms with Crippen molar-refractivity contribution in [2.45, 2.75) is 103 Å². The number of carbonyl (C=O) groups excluding carboxylic acids is 2. The molecule has 0 aliphatic heterocycles. The van der Waals surface area contributed by atoms with E-state index in [9.17, 15) is 14.2 Å². The minimum absolute atomic E-state index is 0.0331. The third kappa shape index (κ3) is 10.2. The molecule has 12 heteroatoms. The topological polar surface area (TPSA) is 109 Å². The maximum atomic E-state index is 14.5. The highest BCUT2D eigenvalue weighted by molar-refractivity contribution is 7.54. The predicted octanol–water partition coefficient (Wildman–Crippen LogP) is 6.90. The number of ketones is 1. The van der Waals surface area contributed by atoms with Gasteiger partial charge in [-0.2, -0.15) is 0 Å². The molecule has 0 aliphatic rings. The van der Waals surface area contributed by atoms with Gasteiger partial charge in [-0.1, -0.05) is 102 Å². The molecule has 1 N–H and O–H groups in total. The Morgan fingerprint density at radius 2 is 1.24 bits per heavy atom. The fourth-order valence-corrected chi connectivity index (χ4v) is 11.6. The molecule has 0 radical (unpaired) electrons. The van der Waals surface area contributed by atoms with E-state index in [0.717, 1.165) is 10.4 Å². The smallest absolute Gasteiger partial charge is 0.408 e. The summed E-state index contributed by atoms with van der Waals surface area (Å²) < 4.78 is 43.4. The number of nitrogens with one attached hydrogen (secondary N) is 1. The van der Waals surface area contributed by atoms with Gasteiger partial charge in [0.15, 0.2) is 14.1 Å². The fraction of sp³-hybridized carbons (Fsp3) is 0.588. The van der Waals surface area contributed by atoms with Gasteiger partial charge < -0.3 is 28.0 Å². The quantitative estimate of drug-likeness (QED) is 0.168. The molecule has 1 amide bonds. The number of hydrogen-bond donors (Lipinski definition) is 1. The van der Waals surface area contributed by atoms with E-state index in [0.29, 0.717) is 0 Å². The van der Waals surface area contributed by atoms with Crippen LogP contribution < -0.4 is 15.7 Å². The van der Waals surface area contributed by atoms with Gasteiger partial charge in [0.2, 0.25) is 0 Å². The SMILES string of the molecule is COP(=O)(CC(=O)[C@H](O[Si](c1ccccc1)(c1ccccc1)C(C)(C)C)[C@@H](CO[Si](C)(C)C(C)(C)C)NC(=O)OC(C)(C)C)OC. The monoisotopic (exact) mass is 693 g/mol. The maximum absolute atomic E-state index is 14.5. The summed E-state index contributed by atoms with van der Waals surface area (Å²) >= 11 is 0. The highest BCUT2D eigenvalue weighted by atomic mass is 31.2. The van der Waals surface area contributed by atoms with Crippen LogP contribution in [0.1, 0.15) is 62.3 Å². The summed E-state index contributed by atoms with van der Waals surface area (Å²) in [6, 6.07) is 18.7. The van der Waals surface area contributed by atoms with E-state index in [-0.39, 0.29) is 11.6 Å². The Balaban J connectivity index is 2.89. The molecule has 0 fully saturated rings. The molecular formula is C34H56NO8PSi2. The largest absolute Gasteiger partial charge is 0.444 e. The molecule has 0 unspecified atom stereocenters. The summed E-state index contributed by atoms with van der Waals surface area (Å²) in [6.45, 7) is 22.1.